The summed E-state index contributed by atoms with van der Waals surface area (Å²) in [6.07, 6.45) is -0.577. The van der Waals surface area contributed by atoms with E-state index in [0.717, 1.165) is 13.1 Å². The number of para-hydroxylation sites is 1. The average Bonchev–Trinajstić information content (AvgIpc) is 2.47. The van der Waals surface area contributed by atoms with Gasteiger partial charge in [0.15, 0.2) is 6.10 Å². The van der Waals surface area contributed by atoms with Crippen molar-refractivity contribution in [1.29, 1.82) is 0 Å². The molecule has 1 fully saturated rings. The lowest BCUT2D eigenvalue weighted by molar-refractivity contribution is -0.128. The molecule has 0 spiro atoms. The van der Waals surface area contributed by atoms with E-state index in [0.29, 0.717) is 23.9 Å². The standard InChI is InChI=1S/C15H21ClN2O3/c1-11(21-14-6-4-3-5-13(14)16)15(19)17-9-12-10-18(2)7-8-20-12/h3-6,11-12H,7-10H2,1-2H3,(H,17,19). The van der Waals surface area contributed by atoms with Crippen LogP contribution in [0.1, 0.15) is 6.92 Å². The largest absolute Gasteiger partial charge is 0.479 e. The van der Waals surface area contributed by atoms with Crippen LogP contribution in [0.4, 0.5) is 0 Å². The highest BCUT2D eigenvalue weighted by atomic mass is 35.5. The summed E-state index contributed by atoms with van der Waals surface area (Å²) in [4.78, 5) is 14.2. The van der Waals surface area contributed by atoms with Crippen LogP contribution in [0.2, 0.25) is 5.02 Å². The maximum absolute atomic E-state index is 12.0. The second-order valence-electron chi connectivity index (χ2n) is 5.19. The van der Waals surface area contributed by atoms with Crippen molar-refractivity contribution < 1.29 is 14.3 Å². The van der Waals surface area contributed by atoms with E-state index in [4.69, 9.17) is 21.1 Å². The molecule has 2 unspecified atom stereocenters. The minimum absolute atomic E-state index is 0.0280. The number of nitrogens with zero attached hydrogens (tertiary/aromatic N) is 1. The summed E-state index contributed by atoms with van der Waals surface area (Å²) in [5, 5.41) is 3.35. The molecule has 0 bridgehead atoms. The van der Waals surface area contributed by atoms with Gasteiger partial charge < -0.3 is 19.7 Å². The number of benzene rings is 1. The third kappa shape index (κ3) is 4.88. The van der Waals surface area contributed by atoms with E-state index in [-0.39, 0.29) is 12.0 Å². The van der Waals surface area contributed by atoms with Crippen LogP contribution in [0.3, 0.4) is 0 Å². The Morgan fingerprint density at radius 3 is 3.05 bits per heavy atom. The molecular weight excluding hydrogens is 292 g/mol. The lowest BCUT2D eigenvalue weighted by Gasteiger charge is -2.30. The summed E-state index contributed by atoms with van der Waals surface area (Å²) < 4.78 is 11.2. The number of nitrogens with one attached hydrogen (secondary N) is 1. The fourth-order valence-electron chi connectivity index (χ4n) is 2.13. The third-order valence-electron chi connectivity index (χ3n) is 3.36. The zero-order valence-electron chi connectivity index (χ0n) is 12.3. The molecule has 0 aromatic heterocycles. The van der Waals surface area contributed by atoms with Gasteiger partial charge in [-0.3, -0.25) is 4.79 Å². The van der Waals surface area contributed by atoms with Gasteiger partial charge in [-0.1, -0.05) is 23.7 Å². The molecule has 2 atom stereocenters. The first-order valence-electron chi connectivity index (χ1n) is 7.05. The first-order chi connectivity index (χ1) is 10.1. The summed E-state index contributed by atoms with van der Waals surface area (Å²) >= 11 is 6.01. The fourth-order valence-corrected chi connectivity index (χ4v) is 2.31. The van der Waals surface area contributed by atoms with E-state index < -0.39 is 6.10 Å². The van der Waals surface area contributed by atoms with Gasteiger partial charge in [-0.15, -0.1) is 0 Å². The van der Waals surface area contributed by atoms with Crippen molar-refractivity contribution in [1.82, 2.24) is 10.2 Å². The number of ether oxygens (including phenoxy) is 2. The summed E-state index contributed by atoms with van der Waals surface area (Å²) in [5.41, 5.74) is 0. The van der Waals surface area contributed by atoms with E-state index in [1.165, 1.54) is 0 Å². The molecule has 1 aromatic rings. The van der Waals surface area contributed by atoms with Crippen molar-refractivity contribution in [2.45, 2.75) is 19.1 Å². The van der Waals surface area contributed by atoms with Crippen LogP contribution < -0.4 is 10.1 Å². The average molecular weight is 313 g/mol. The summed E-state index contributed by atoms with van der Waals surface area (Å²) in [7, 11) is 2.04. The highest BCUT2D eigenvalue weighted by Crippen LogP contribution is 2.24. The van der Waals surface area contributed by atoms with Gasteiger partial charge in [0.25, 0.3) is 5.91 Å². The van der Waals surface area contributed by atoms with Crippen molar-refractivity contribution >= 4 is 17.5 Å². The zero-order valence-corrected chi connectivity index (χ0v) is 13.1. The fraction of sp³-hybridized carbons (Fsp3) is 0.533. The number of hydrogen-bond donors (Lipinski definition) is 1. The molecule has 2 rings (SSSR count). The maximum Gasteiger partial charge on any atom is 0.260 e. The van der Waals surface area contributed by atoms with Gasteiger partial charge in [0.2, 0.25) is 0 Å². The van der Waals surface area contributed by atoms with Gasteiger partial charge in [-0.05, 0) is 26.1 Å². The quantitative estimate of drug-likeness (QED) is 0.896. The number of carbonyl (C=O) groups excluding carboxylic acids is 1. The molecular formula is C15H21ClN2O3. The number of amides is 1. The maximum atomic E-state index is 12.0. The first-order valence-corrected chi connectivity index (χ1v) is 7.43. The van der Waals surface area contributed by atoms with Crippen molar-refractivity contribution in [3.8, 4) is 5.75 Å². The van der Waals surface area contributed by atoms with Crippen LogP contribution in [-0.4, -0.2) is 56.3 Å². The minimum Gasteiger partial charge on any atom is -0.479 e. The van der Waals surface area contributed by atoms with E-state index in [2.05, 4.69) is 10.2 Å². The number of morpholine rings is 1. The molecule has 21 heavy (non-hydrogen) atoms. The molecule has 5 nitrogen and oxygen atoms in total. The predicted molar refractivity (Wildman–Crippen MR) is 81.8 cm³/mol. The molecule has 1 aliphatic heterocycles. The molecule has 1 saturated heterocycles. The summed E-state index contributed by atoms with van der Waals surface area (Å²) in [6, 6.07) is 7.10. The number of likely N-dealkylation sites (N-methyl/N-ethyl adjacent to an activating group) is 1. The molecule has 0 radical (unpaired) electrons. The van der Waals surface area contributed by atoms with Crippen molar-refractivity contribution in [3.05, 3.63) is 29.3 Å². The van der Waals surface area contributed by atoms with Crippen LogP contribution in [-0.2, 0) is 9.53 Å². The lowest BCUT2D eigenvalue weighted by Crippen LogP contribution is -2.47. The SMILES string of the molecule is CC(Oc1ccccc1Cl)C(=O)NCC1CN(C)CCO1. The summed E-state index contributed by atoms with van der Waals surface area (Å²) in [6.45, 7) is 4.63. The molecule has 1 heterocycles. The number of hydrogen-bond acceptors (Lipinski definition) is 4. The van der Waals surface area contributed by atoms with E-state index in [1.807, 2.05) is 19.2 Å². The summed E-state index contributed by atoms with van der Waals surface area (Å²) in [5.74, 6) is 0.335. The van der Waals surface area contributed by atoms with Gasteiger partial charge in [-0.2, -0.15) is 0 Å². The van der Waals surface area contributed by atoms with Gasteiger partial charge in [-0.25, -0.2) is 0 Å². The lowest BCUT2D eigenvalue weighted by atomic mass is 10.2. The normalized spacial score (nSPS) is 20.8. The van der Waals surface area contributed by atoms with Gasteiger partial charge in [0, 0.05) is 19.6 Å². The number of carbonyl (C=O) groups is 1. The Hall–Kier alpha value is -1.30. The molecule has 1 amide bonds. The Bertz CT molecular complexity index is 484. The van der Waals surface area contributed by atoms with Crippen LogP contribution in [0, 0.1) is 0 Å². The van der Waals surface area contributed by atoms with Gasteiger partial charge in [0.1, 0.15) is 5.75 Å². The van der Waals surface area contributed by atoms with Crippen molar-refractivity contribution in [2.24, 2.45) is 0 Å². The second-order valence-corrected chi connectivity index (χ2v) is 5.60. The Balaban J connectivity index is 1.78. The molecule has 0 saturated carbocycles. The van der Waals surface area contributed by atoms with Crippen molar-refractivity contribution in [3.63, 3.8) is 0 Å². The van der Waals surface area contributed by atoms with Gasteiger partial charge in [0.05, 0.1) is 17.7 Å². The van der Waals surface area contributed by atoms with Crippen LogP contribution in [0.25, 0.3) is 0 Å². The number of halogens is 1. The Kier molecular flexibility index (Phi) is 5.85. The molecule has 0 aliphatic carbocycles. The number of rotatable bonds is 5. The van der Waals surface area contributed by atoms with E-state index in [9.17, 15) is 4.79 Å². The Morgan fingerprint density at radius 1 is 1.57 bits per heavy atom. The predicted octanol–water partition coefficient (Wildman–Crippen LogP) is 1.55. The Morgan fingerprint density at radius 2 is 2.33 bits per heavy atom. The van der Waals surface area contributed by atoms with Gasteiger partial charge >= 0.3 is 0 Å². The highest BCUT2D eigenvalue weighted by Gasteiger charge is 2.21. The zero-order chi connectivity index (χ0) is 15.2. The molecule has 1 aromatic carbocycles. The molecule has 1 N–H and O–H groups in total. The molecule has 1 aliphatic rings. The minimum atomic E-state index is -0.605. The van der Waals surface area contributed by atoms with Crippen LogP contribution in [0.15, 0.2) is 24.3 Å². The topological polar surface area (TPSA) is 50.8 Å². The smallest absolute Gasteiger partial charge is 0.260 e. The Labute approximate surface area is 130 Å². The third-order valence-corrected chi connectivity index (χ3v) is 3.67. The monoisotopic (exact) mass is 312 g/mol. The highest BCUT2D eigenvalue weighted by molar-refractivity contribution is 6.32. The van der Waals surface area contributed by atoms with Crippen LogP contribution >= 0.6 is 11.6 Å². The molecule has 116 valence electrons. The van der Waals surface area contributed by atoms with Crippen molar-refractivity contribution in [2.75, 3.05) is 33.3 Å². The van der Waals surface area contributed by atoms with E-state index >= 15 is 0 Å². The first kappa shape index (κ1) is 16.1. The molecule has 6 heteroatoms. The second kappa shape index (κ2) is 7.64. The van der Waals surface area contributed by atoms with E-state index in [1.54, 1.807) is 19.1 Å². The van der Waals surface area contributed by atoms with Crippen LogP contribution in [0.5, 0.6) is 5.75 Å².